The van der Waals surface area contributed by atoms with Crippen molar-refractivity contribution in [3.8, 4) is 11.3 Å². The minimum Gasteiger partial charge on any atom is -0.393 e. The number of aliphatic hydroxyl groups is 1. The van der Waals surface area contributed by atoms with Crippen LogP contribution in [0.3, 0.4) is 0 Å². The lowest BCUT2D eigenvalue weighted by atomic mass is 9.72. The second-order valence-electron chi connectivity index (χ2n) is 10.7. The number of aromatic amines is 1. The molecule has 6 rings (SSSR count). The molecule has 0 saturated heterocycles. The number of rotatable bonds is 7. The van der Waals surface area contributed by atoms with Crippen LogP contribution in [0.25, 0.3) is 22.2 Å². The fraction of sp³-hybridized carbons (Fsp3) is 0.481. The number of halogens is 3. The molecule has 200 valence electrons. The van der Waals surface area contributed by atoms with Crippen molar-refractivity contribution in [2.75, 3.05) is 0 Å². The monoisotopic (exact) mass is 525 g/mol. The van der Waals surface area contributed by atoms with Crippen molar-refractivity contribution < 1.29 is 18.3 Å². The van der Waals surface area contributed by atoms with E-state index in [9.17, 15) is 18.3 Å². The lowest BCUT2D eigenvalue weighted by molar-refractivity contribution is -0.141. The Hall–Kier alpha value is -3.31. The molecular formula is C27H30F3N7O. The number of nitrogens with zero attached hydrogens (tertiary/aromatic N) is 5. The van der Waals surface area contributed by atoms with E-state index in [0.717, 1.165) is 35.9 Å². The van der Waals surface area contributed by atoms with E-state index in [4.69, 9.17) is 0 Å². The third-order valence-corrected chi connectivity index (χ3v) is 8.05. The van der Waals surface area contributed by atoms with Gasteiger partial charge < -0.3 is 15.0 Å². The summed E-state index contributed by atoms with van der Waals surface area (Å²) in [7, 11) is 1.93. The van der Waals surface area contributed by atoms with Gasteiger partial charge >= 0.3 is 6.18 Å². The fourth-order valence-electron chi connectivity index (χ4n) is 5.73. The molecule has 2 atom stereocenters. The van der Waals surface area contributed by atoms with Crippen molar-refractivity contribution in [2.24, 2.45) is 13.0 Å². The summed E-state index contributed by atoms with van der Waals surface area (Å²) in [6, 6.07) is 8.51. The molecule has 8 nitrogen and oxygen atoms in total. The normalized spacial score (nSPS) is 21.7. The van der Waals surface area contributed by atoms with Crippen LogP contribution in [0.2, 0.25) is 0 Å². The molecule has 2 saturated carbocycles. The van der Waals surface area contributed by atoms with Crippen molar-refractivity contribution in [3.05, 3.63) is 59.4 Å². The van der Waals surface area contributed by atoms with E-state index < -0.39 is 17.9 Å². The van der Waals surface area contributed by atoms with Crippen molar-refractivity contribution in [1.82, 2.24) is 35.3 Å². The molecule has 4 aromatic rings. The molecule has 2 fully saturated rings. The van der Waals surface area contributed by atoms with Gasteiger partial charge in [0, 0.05) is 36.0 Å². The Bertz CT molecular complexity index is 1450. The van der Waals surface area contributed by atoms with Crippen LogP contribution in [0.15, 0.2) is 36.7 Å². The van der Waals surface area contributed by atoms with Gasteiger partial charge in [-0.3, -0.25) is 5.10 Å². The number of aryl methyl sites for hydroxylation is 1. The van der Waals surface area contributed by atoms with Crippen LogP contribution in [0, 0.1) is 5.92 Å². The van der Waals surface area contributed by atoms with E-state index in [0.29, 0.717) is 35.4 Å². The smallest absolute Gasteiger partial charge is 0.393 e. The van der Waals surface area contributed by atoms with E-state index in [1.807, 2.05) is 35.9 Å². The molecular weight excluding hydrogens is 495 g/mol. The number of aromatic nitrogens is 6. The predicted molar refractivity (Wildman–Crippen MR) is 135 cm³/mol. The third kappa shape index (κ3) is 4.47. The molecule has 11 heteroatoms. The van der Waals surface area contributed by atoms with Crippen LogP contribution < -0.4 is 5.32 Å². The molecule has 2 aliphatic rings. The minimum atomic E-state index is -4.60. The highest BCUT2D eigenvalue weighted by molar-refractivity contribution is 5.94. The van der Waals surface area contributed by atoms with Gasteiger partial charge in [-0.25, -0.2) is 4.98 Å². The van der Waals surface area contributed by atoms with Gasteiger partial charge in [0.15, 0.2) is 0 Å². The second kappa shape index (κ2) is 9.46. The van der Waals surface area contributed by atoms with Crippen LogP contribution >= 0.6 is 0 Å². The van der Waals surface area contributed by atoms with E-state index in [1.54, 1.807) is 13.3 Å². The molecule has 0 aliphatic heterocycles. The van der Waals surface area contributed by atoms with Gasteiger partial charge in [0.2, 0.25) is 0 Å². The summed E-state index contributed by atoms with van der Waals surface area (Å²) >= 11 is 0. The van der Waals surface area contributed by atoms with Gasteiger partial charge in [0.25, 0.3) is 0 Å². The molecule has 1 aromatic carbocycles. The van der Waals surface area contributed by atoms with Crippen LogP contribution in [-0.2, 0) is 13.2 Å². The van der Waals surface area contributed by atoms with Gasteiger partial charge in [-0.1, -0.05) is 24.6 Å². The van der Waals surface area contributed by atoms with E-state index in [1.165, 1.54) is 6.42 Å². The van der Waals surface area contributed by atoms with Crippen molar-refractivity contribution in [2.45, 2.75) is 69.3 Å². The first kappa shape index (κ1) is 25.0. The van der Waals surface area contributed by atoms with Gasteiger partial charge in [0.1, 0.15) is 23.5 Å². The molecule has 0 unspecified atom stereocenters. The Morgan fingerprint density at radius 2 is 1.97 bits per heavy atom. The van der Waals surface area contributed by atoms with Crippen LogP contribution in [0.5, 0.6) is 0 Å². The molecule has 3 N–H and O–H groups in total. The summed E-state index contributed by atoms with van der Waals surface area (Å²) in [4.78, 5) is 4.00. The Morgan fingerprint density at radius 1 is 1.18 bits per heavy atom. The van der Waals surface area contributed by atoms with Crippen molar-refractivity contribution >= 4 is 10.9 Å². The van der Waals surface area contributed by atoms with Gasteiger partial charge in [-0.05, 0) is 56.2 Å². The maximum absolute atomic E-state index is 13.9. The first-order valence-corrected chi connectivity index (χ1v) is 13.0. The van der Waals surface area contributed by atoms with Crippen molar-refractivity contribution in [1.29, 1.82) is 0 Å². The summed E-state index contributed by atoms with van der Waals surface area (Å²) in [5.41, 5.74) is 2.01. The maximum atomic E-state index is 13.9. The summed E-state index contributed by atoms with van der Waals surface area (Å²) in [6.07, 6.45) is 1.23. The Labute approximate surface area is 217 Å². The molecule has 2 aliphatic carbocycles. The van der Waals surface area contributed by atoms with Crippen LogP contribution in [0.4, 0.5) is 13.2 Å². The van der Waals surface area contributed by atoms with E-state index >= 15 is 0 Å². The highest BCUT2D eigenvalue weighted by Crippen LogP contribution is 2.44. The number of hydrogen-bond acceptors (Lipinski definition) is 6. The molecule has 0 amide bonds. The summed E-state index contributed by atoms with van der Waals surface area (Å²) < 4.78 is 43.7. The quantitative estimate of drug-likeness (QED) is 0.318. The number of alkyl halides is 3. The minimum absolute atomic E-state index is 0.0366. The van der Waals surface area contributed by atoms with Crippen LogP contribution in [0.1, 0.15) is 73.8 Å². The standard InChI is InChI=1S/C27H30F3N7O/c1-14(32-18-10-19(38)11-18)23-25-20(12-21(33-23)27(28,29)30)24(34-35-25)17-8-4-7-16(9-17)22(15-5-3-6-15)26-36-31-13-37(26)2/h4,7-9,12-15,18-19,22,32,38H,3,5-6,10-11H2,1-2H3,(H,34,35)/t14-,18?,19?,22+/m0/s1. The molecule has 38 heavy (non-hydrogen) atoms. The highest BCUT2D eigenvalue weighted by Gasteiger charge is 2.36. The lowest BCUT2D eigenvalue weighted by Gasteiger charge is -2.34. The Morgan fingerprint density at radius 3 is 2.61 bits per heavy atom. The summed E-state index contributed by atoms with van der Waals surface area (Å²) in [5, 5.41) is 29.2. The number of nitrogens with one attached hydrogen (secondary N) is 2. The maximum Gasteiger partial charge on any atom is 0.433 e. The number of benzene rings is 1. The highest BCUT2D eigenvalue weighted by atomic mass is 19.4. The first-order valence-electron chi connectivity index (χ1n) is 13.0. The second-order valence-corrected chi connectivity index (χ2v) is 10.7. The Kier molecular flexibility index (Phi) is 6.22. The zero-order valence-electron chi connectivity index (χ0n) is 21.2. The van der Waals surface area contributed by atoms with Gasteiger partial charge in [-0.2, -0.15) is 18.3 Å². The van der Waals surface area contributed by atoms with E-state index in [2.05, 4.69) is 30.7 Å². The van der Waals surface area contributed by atoms with Gasteiger partial charge in [-0.15, -0.1) is 10.2 Å². The average Bonchev–Trinajstić information content (AvgIpc) is 3.45. The van der Waals surface area contributed by atoms with E-state index in [-0.39, 0.29) is 23.8 Å². The molecule has 3 aromatic heterocycles. The number of aliphatic hydroxyl groups excluding tert-OH is 1. The zero-order chi connectivity index (χ0) is 26.6. The SMILES string of the molecule is C[C@H](NC1CC(O)C1)c1nc(C(F)(F)F)cc2c(-c3cccc([C@H](c4nncn4C)C4CCC4)c3)n[nH]c12. The summed E-state index contributed by atoms with van der Waals surface area (Å²) in [6.45, 7) is 1.79. The van der Waals surface area contributed by atoms with Crippen molar-refractivity contribution in [3.63, 3.8) is 0 Å². The number of H-pyrrole nitrogens is 1. The zero-order valence-corrected chi connectivity index (χ0v) is 21.2. The fourth-order valence-corrected chi connectivity index (χ4v) is 5.73. The molecule has 3 heterocycles. The molecule has 0 radical (unpaired) electrons. The topological polar surface area (TPSA) is 105 Å². The van der Waals surface area contributed by atoms with Crippen LogP contribution in [-0.4, -0.2) is 47.2 Å². The number of hydrogen-bond donors (Lipinski definition) is 3. The first-order chi connectivity index (χ1) is 18.2. The largest absolute Gasteiger partial charge is 0.433 e. The molecule has 0 bridgehead atoms. The number of pyridine rings is 1. The summed E-state index contributed by atoms with van der Waals surface area (Å²) in [5.74, 6) is 1.37. The Balaban J connectivity index is 1.42. The van der Waals surface area contributed by atoms with Gasteiger partial charge in [0.05, 0.1) is 17.3 Å². The molecule has 0 spiro atoms. The lowest BCUT2D eigenvalue weighted by Crippen LogP contribution is -2.45. The third-order valence-electron chi connectivity index (χ3n) is 8.05. The average molecular weight is 526 g/mol. The number of fused-ring (bicyclic) bond motifs is 1. The predicted octanol–water partition coefficient (Wildman–Crippen LogP) is 4.88.